The Kier molecular flexibility index (Phi) is 7.06. The zero-order chi connectivity index (χ0) is 24.4. The summed E-state index contributed by atoms with van der Waals surface area (Å²) in [6.45, 7) is 10.1. The van der Waals surface area contributed by atoms with Crippen molar-refractivity contribution in [1.29, 1.82) is 0 Å². The summed E-state index contributed by atoms with van der Waals surface area (Å²) in [5.74, 6) is 1.74. The average Bonchev–Trinajstić information content (AvgIpc) is 3.21. The number of aromatic nitrogens is 2. The lowest BCUT2D eigenvalue weighted by Crippen LogP contribution is -2.47. The molecule has 0 saturated carbocycles. The van der Waals surface area contributed by atoms with Crippen molar-refractivity contribution in [3.05, 3.63) is 40.5 Å². The molecular formula is C26H33N5O3S. The number of benzene rings is 1. The molecule has 0 atom stereocenters. The number of carbonyl (C=O) groups excluding carboxylic acids is 1. The molecule has 0 bridgehead atoms. The number of hydrogen-bond donors (Lipinski definition) is 1. The molecule has 1 N–H and O–H groups in total. The Morgan fingerprint density at radius 3 is 2.46 bits per heavy atom. The number of anilines is 2. The molecule has 5 rings (SSSR count). The maximum absolute atomic E-state index is 12.6. The number of ether oxygens (including phenoxy) is 1. The van der Waals surface area contributed by atoms with Crippen molar-refractivity contribution in [2.75, 3.05) is 55.7 Å². The van der Waals surface area contributed by atoms with Crippen LogP contribution in [0.25, 0.3) is 10.2 Å². The zero-order valence-electron chi connectivity index (χ0n) is 20.5. The summed E-state index contributed by atoms with van der Waals surface area (Å²) in [5.41, 5.74) is 1.76. The van der Waals surface area contributed by atoms with Gasteiger partial charge in [0.1, 0.15) is 27.1 Å². The predicted octanol–water partition coefficient (Wildman–Crippen LogP) is 4.19. The van der Waals surface area contributed by atoms with Crippen LogP contribution in [-0.4, -0.2) is 71.8 Å². The molecule has 0 spiro atoms. The third-order valence-electron chi connectivity index (χ3n) is 6.89. The number of piperazine rings is 1. The first-order chi connectivity index (χ1) is 17.0. The predicted molar refractivity (Wildman–Crippen MR) is 140 cm³/mol. The molecule has 2 fully saturated rings. The van der Waals surface area contributed by atoms with Crippen LogP contribution in [0.1, 0.15) is 47.2 Å². The Bertz CT molecular complexity index is 1200. The monoisotopic (exact) mass is 495 g/mol. The normalized spacial score (nSPS) is 17.2. The number of para-hydroxylation sites is 2. The first-order valence-corrected chi connectivity index (χ1v) is 13.3. The maximum Gasteiger partial charge on any atom is 0.348 e. The second-order valence-corrected chi connectivity index (χ2v) is 10.2. The molecule has 9 heteroatoms. The van der Waals surface area contributed by atoms with Crippen molar-refractivity contribution in [3.8, 4) is 5.75 Å². The number of aryl methyl sites for hydroxylation is 1. The average molecular weight is 496 g/mol. The SMILES string of the molecule is CCOC(=O)c1sc2nc(CN3CCCCC3)nc(N3CCN(c4ccccc4O)CC3)c2c1C. The van der Waals surface area contributed by atoms with Gasteiger partial charge in [-0.15, -0.1) is 11.3 Å². The number of nitrogens with zero attached hydrogens (tertiary/aromatic N) is 5. The van der Waals surface area contributed by atoms with Crippen LogP contribution in [0.4, 0.5) is 11.5 Å². The first-order valence-electron chi connectivity index (χ1n) is 12.5. The number of carbonyl (C=O) groups is 1. The van der Waals surface area contributed by atoms with Gasteiger partial charge >= 0.3 is 5.97 Å². The van der Waals surface area contributed by atoms with E-state index in [2.05, 4.69) is 14.7 Å². The molecule has 0 amide bonds. The number of rotatable bonds is 6. The van der Waals surface area contributed by atoms with Gasteiger partial charge in [0, 0.05) is 26.2 Å². The van der Waals surface area contributed by atoms with Gasteiger partial charge in [-0.05, 0) is 57.5 Å². The number of esters is 1. The number of likely N-dealkylation sites (tertiary alicyclic amines) is 1. The largest absolute Gasteiger partial charge is 0.506 e. The van der Waals surface area contributed by atoms with Gasteiger partial charge in [-0.1, -0.05) is 18.6 Å². The molecule has 0 radical (unpaired) electrons. The van der Waals surface area contributed by atoms with E-state index in [1.54, 1.807) is 6.07 Å². The second kappa shape index (κ2) is 10.4. The molecule has 2 aromatic heterocycles. The Morgan fingerprint density at radius 2 is 1.74 bits per heavy atom. The second-order valence-electron chi connectivity index (χ2n) is 9.22. The Hall–Kier alpha value is -2.91. The minimum absolute atomic E-state index is 0.291. The van der Waals surface area contributed by atoms with Gasteiger partial charge < -0.3 is 19.6 Å². The van der Waals surface area contributed by atoms with Gasteiger partial charge in [-0.3, -0.25) is 4.90 Å². The third kappa shape index (κ3) is 4.92. The van der Waals surface area contributed by atoms with E-state index < -0.39 is 0 Å². The number of piperidine rings is 1. The summed E-state index contributed by atoms with van der Waals surface area (Å²) in [5, 5.41) is 11.2. The van der Waals surface area contributed by atoms with Crippen LogP contribution < -0.4 is 9.80 Å². The molecule has 8 nitrogen and oxygen atoms in total. The van der Waals surface area contributed by atoms with Crippen molar-refractivity contribution in [3.63, 3.8) is 0 Å². The number of fused-ring (bicyclic) bond motifs is 1. The molecular weight excluding hydrogens is 462 g/mol. The summed E-state index contributed by atoms with van der Waals surface area (Å²) < 4.78 is 5.32. The van der Waals surface area contributed by atoms with Crippen LogP contribution in [0.2, 0.25) is 0 Å². The van der Waals surface area contributed by atoms with Crippen molar-refractivity contribution in [2.24, 2.45) is 0 Å². The van der Waals surface area contributed by atoms with Crippen molar-refractivity contribution >= 4 is 39.0 Å². The van der Waals surface area contributed by atoms with E-state index in [1.807, 2.05) is 32.0 Å². The van der Waals surface area contributed by atoms with Crippen molar-refractivity contribution < 1.29 is 14.6 Å². The van der Waals surface area contributed by atoms with Gasteiger partial charge in [-0.25, -0.2) is 14.8 Å². The maximum atomic E-state index is 12.6. The molecule has 2 saturated heterocycles. The van der Waals surface area contributed by atoms with Gasteiger partial charge in [0.15, 0.2) is 0 Å². The fourth-order valence-electron chi connectivity index (χ4n) is 5.06. The van der Waals surface area contributed by atoms with E-state index in [0.717, 1.165) is 78.9 Å². The van der Waals surface area contributed by atoms with Crippen molar-refractivity contribution in [1.82, 2.24) is 14.9 Å². The third-order valence-corrected chi connectivity index (χ3v) is 8.06. The van der Waals surface area contributed by atoms with Gasteiger partial charge in [-0.2, -0.15) is 0 Å². The first kappa shape index (κ1) is 23.8. The lowest BCUT2D eigenvalue weighted by Gasteiger charge is -2.37. The van der Waals surface area contributed by atoms with Crippen molar-refractivity contribution in [2.45, 2.75) is 39.7 Å². The summed E-state index contributed by atoms with van der Waals surface area (Å²) in [6.07, 6.45) is 3.72. The summed E-state index contributed by atoms with van der Waals surface area (Å²) >= 11 is 1.41. The molecule has 2 aliphatic rings. The fourth-order valence-corrected chi connectivity index (χ4v) is 6.15. The highest BCUT2D eigenvalue weighted by Crippen LogP contribution is 2.37. The van der Waals surface area contributed by atoms with Crippen LogP contribution in [-0.2, 0) is 11.3 Å². The molecule has 2 aliphatic heterocycles. The lowest BCUT2D eigenvalue weighted by atomic mass is 10.1. The Balaban J connectivity index is 1.47. The van der Waals surface area contributed by atoms with E-state index in [0.29, 0.717) is 17.2 Å². The van der Waals surface area contributed by atoms with Gasteiger partial charge in [0.2, 0.25) is 0 Å². The standard InChI is InChI=1S/C26H33N5O3S/c1-3-34-26(33)23-18(2)22-24(27-21(28-25(22)35-23)17-29-11-7-4-8-12-29)31-15-13-30(14-16-31)19-9-5-6-10-20(19)32/h5-6,9-10,32H,3-4,7-8,11-17H2,1-2H3. The number of aromatic hydroxyl groups is 1. The van der Waals surface area contributed by atoms with E-state index in [-0.39, 0.29) is 5.97 Å². The highest BCUT2D eigenvalue weighted by Gasteiger charge is 2.27. The molecule has 1 aromatic carbocycles. The smallest absolute Gasteiger partial charge is 0.348 e. The molecule has 4 heterocycles. The minimum Gasteiger partial charge on any atom is -0.506 e. The molecule has 3 aromatic rings. The summed E-state index contributed by atoms with van der Waals surface area (Å²) in [6, 6.07) is 7.48. The highest BCUT2D eigenvalue weighted by molar-refractivity contribution is 7.20. The molecule has 0 aliphatic carbocycles. The molecule has 186 valence electrons. The number of phenolic OH excluding ortho intramolecular Hbond substituents is 1. The van der Waals surface area contributed by atoms with E-state index in [9.17, 15) is 9.90 Å². The van der Waals surface area contributed by atoms with Gasteiger partial charge in [0.05, 0.1) is 24.2 Å². The van der Waals surface area contributed by atoms with Crippen LogP contribution in [0.3, 0.4) is 0 Å². The van der Waals surface area contributed by atoms with E-state index in [4.69, 9.17) is 14.7 Å². The summed E-state index contributed by atoms with van der Waals surface area (Å²) in [4.78, 5) is 31.0. The quantitative estimate of drug-likeness (QED) is 0.510. The number of hydrogen-bond acceptors (Lipinski definition) is 9. The molecule has 0 unspecified atom stereocenters. The summed E-state index contributed by atoms with van der Waals surface area (Å²) in [7, 11) is 0. The van der Waals surface area contributed by atoms with Crippen LogP contribution in [0, 0.1) is 6.92 Å². The number of thiophene rings is 1. The minimum atomic E-state index is -0.291. The van der Waals surface area contributed by atoms with E-state index in [1.165, 1.54) is 30.6 Å². The van der Waals surface area contributed by atoms with E-state index >= 15 is 0 Å². The Morgan fingerprint density at radius 1 is 1.03 bits per heavy atom. The van der Waals surface area contributed by atoms with Crippen LogP contribution >= 0.6 is 11.3 Å². The highest BCUT2D eigenvalue weighted by atomic mass is 32.1. The topological polar surface area (TPSA) is 82.0 Å². The van der Waals surface area contributed by atoms with Crippen LogP contribution in [0.5, 0.6) is 5.75 Å². The lowest BCUT2D eigenvalue weighted by molar-refractivity contribution is 0.0531. The number of phenols is 1. The Labute approximate surface area is 210 Å². The van der Waals surface area contributed by atoms with Crippen LogP contribution in [0.15, 0.2) is 24.3 Å². The van der Waals surface area contributed by atoms with Gasteiger partial charge in [0.25, 0.3) is 0 Å². The molecule has 35 heavy (non-hydrogen) atoms. The zero-order valence-corrected chi connectivity index (χ0v) is 21.3. The fraction of sp³-hybridized carbons (Fsp3) is 0.500.